The summed E-state index contributed by atoms with van der Waals surface area (Å²) in [6.07, 6.45) is 1.57. The molecule has 6 nitrogen and oxygen atoms in total. The van der Waals surface area contributed by atoms with Gasteiger partial charge in [-0.15, -0.1) is 0 Å². The number of rotatable bonds is 7. The number of nitrogens with zero attached hydrogens (tertiary/aromatic N) is 1. The van der Waals surface area contributed by atoms with E-state index in [4.69, 9.17) is 4.74 Å². The predicted molar refractivity (Wildman–Crippen MR) is 122 cm³/mol. The lowest BCUT2D eigenvalue weighted by molar-refractivity contribution is -0.139. The van der Waals surface area contributed by atoms with Crippen molar-refractivity contribution in [2.24, 2.45) is 0 Å². The molecule has 164 valence electrons. The molecule has 1 unspecified atom stereocenters. The SMILES string of the molecule is CCCCN1C(=O)C(=O)/C(=C(\O)c2ccc(Br)c(C)c2)C1c1ccc(O)c(OCC)c1. The Hall–Kier alpha value is -2.80. The number of carbonyl (C=O) groups excluding carboxylic acids is 2. The van der Waals surface area contributed by atoms with Gasteiger partial charge >= 0.3 is 0 Å². The number of ketones is 1. The fourth-order valence-electron chi connectivity index (χ4n) is 3.71. The van der Waals surface area contributed by atoms with E-state index in [1.165, 1.54) is 11.0 Å². The number of halogens is 1. The van der Waals surface area contributed by atoms with Crippen molar-refractivity contribution in [2.45, 2.75) is 39.7 Å². The predicted octanol–water partition coefficient (Wildman–Crippen LogP) is 5.08. The van der Waals surface area contributed by atoms with Crippen LogP contribution in [0.5, 0.6) is 11.5 Å². The monoisotopic (exact) mass is 487 g/mol. The molecule has 1 aliphatic heterocycles. The number of aryl methyl sites for hydroxylation is 1. The molecule has 2 aromatic carbocycles. The van der Waals surface area contributed by atoms with Crippen LogP contribution in [0, 0.1) is 6.92 Å². The summed E-state index contributed by atoms with van der Waals surface area (Å²) in [5, 5.41) is 21.2. The van der Waals surface area contributed by atoms with E-state index < -0.39 is 17.7 Å². The number of hydrogen-bond acceptors (Lipinski definition) is 5. The number of benzene rings is 2. The van der Waals surface area contributed by atoms with Crippen molar-refractivity contribution >= 4 is 33.4 Å². The zero-order valence-corrected chi connectivity index (χ0v) is 19.4. The molecule has 2 N–H and O–H groups in total. The van der Waals surface area contributed by atoms with Crippen molar-refractivity contribution in [2.75, 3.05) is 13.2 Å². The van der Waals surface area contributed by atoms with Gasteiger partial charge in [0.05, 0.1) is 18.2 Å². The maximum absolute atomic E-state index is 13.0. The van der Waals surface area contributed by atoms with Crippen LogP contribution in [-0.2, 0) is 9.59 Å². The lowest BCUT2D eigenvalue weighted by Gasteiger charge is -2.25. The highest BCUT2D eigenvalue weighted by atomic mass is 79.9. The van der Waals surface area contributed by atoms with Gasteiger partial charge in [-0.1, -0.05) is 41.4 Å². The van der Waals surface area contributed by atoms with Crippen LogP contribution >= 0.6 is 15.9 Å². The Balaban J connectivity index is 2.19. The first kappa shape index (κ1) is 22.9. The summed E-state index contributed by atoms with van der Waals surface area (Å²) in [5.41, 5.74) is 1.98. The molecule has 1 heterocycles. The highest BCUT2D eigenvalue weighted by Gasteiger charge is 2.46. The van der Waals surface area contributed by atoms with Crippen molar-refractivity contribution in [3.05, 3.63) is 63.1 Å². The van der Waals surface area contributed by atoms with Crippen molar-refractivity contribution < 1.29 is 24.5 Å². The zero-order valence-electron chi connectivity index (χ0n) is 17.8. The van der Waals surface area contributed by atoms with E-state index in [2.05, 4.69) is 15.9 Å². The van der Waals surface area contributed by atoms with E-state index in [1.807, 2.05) is 13.8 Å². The van der Waals surface area contributed by atoms with Crippen molar-refractivity contribution in [1.29, 1.82) is 0 Å². The topological polar surface area (TPSA) is 87.1 Å². The molecule has 7 heteroatoms. The van der Waals surface area contributed by atoms with Crippen LogP contribution < -0.4 is 4.74 Å². The molecule has 0 aromatic heterocycles. The van der Waals surface area contributed by atoms with Gasteiger partial charge in [0.2, 0.25) is 0 Å². The molecule has 1 saturated heterocycles. The number of ether oxygens (including phenoxy) is 1. The first-order valence-corrected chi connectivity index (χ1v) is 11.1. The van der Waals surface area contributed by atoms with E-state index in [0.29, 0.717) is 24.3 Å². The smallest absolute Gasteiger partial charge is 0.295 e. The summed E-state index contributed by atoms with van der Waals surface area (Å²) in [6, 6.07) is 9.23. The number of phenols is 1. The van der Waals surface area contributed by atoms with Gasteiger partial charge in [0.25, 0.3) is 11.7 Å². The molecule has 1 aliphatic rings. The van der Waals surface area contributed by atoms with Gasteiger partial charge in [-0.05, 0) is 55.7 Å². The van der Waals surface area contributed by atoms with Gasteiger partial charge in [0.1, 0.15) is 5.76 Å². The highest BCUT2D eigenvalue weighted by molar-refractivity contribution is 9.10. The number of aliphatic hydroxyl groups is 1. The second kappa shape index (κ2) is 9.56. The number of unbranched alkanes of at least 4 members (excludes halogenated alkanes) is 1. The first-order chi connectivity index (χ1) is 14.8. The average molecular weight is 488 g/mol. The normalized spacial score (nSPS) is 17.9. The van der Waals surface area contributed by atoms with Crippen LogP contribution in [0.1, 0.15) is 49.4 Å². The molecule has 1 fully saturated rings. The largest absolute Gasteiger partial charge is 0.507 e. The summed E-state index contributed by atoms with van der Waals surface area (Å²) in [7, 11) is 0. The minimum Gasteiger partial charge on any atom is -0.507 e. The Morgan fingerprint density at radius 2 is 1.90 bits per heavy atom. The Bertz CT molecular complexity index is 1050. The summed E-state index contributed by atoms with van der Waals surface area (Å²) >= 11 is 3.43. The molecule has 0 saturated carbocycles. The van der Waals surface area contributed by atoms with Crippen molar-refractivity contribution in [1.82, 2.24) is 4.90 Å². The number of likely N-dealkylation sites (tertiary alicyclic amines) is 1. The van der Waals surface area contributed by atoms with Gasteiger partial charge in [-0.2, -0.15) is 0 Å². The number of aliphatic hydroxyl groups excluding tert-OH is 1. The van der Waals surface area contributed by atoms with E-state index in [9.17, 15) is 19.8 Å². The minimum atomic E-state index is -0.768. The lowest BCUT2D eigenvalue weighted by atomic mass is 9.94. The van der Waals surface area contributed by atoms with Gasteiger partial charge in [-0.3, -0.25) is 9.59 Å². The average Bonchev–Trinajstić information content (AvgIpc) is 3.00. The number of hydrogen-bond donors (Lipinski definition) is 2. The third-order valence-corrected chi connectivity index (χ3v) is 6.21. The molecular formula is C24H26BrNO5. The molecule has 0 radical (unpaired) electrons. The molecule has 0 bridgehead atoms. The second-order valence-corrected chi connectivity index (χ2v) is 8.32. The zero-order chi connectivity index (χ0) is 22.7. The van der Waals surface area contributed by atoms with Crippen LogP contribution in [-0.4, -0.2) is 40.0 Å². The third-order valence-electron chi connectivity index (χ3n) is 5.32. The molecular weight excluding hydrogens is 462 g/mol. The Labute approximate surface area is 190 Å². The van der Waals surface area contributed by atoms with Crippen LogP contribution in [0.4, 0.5) is 0 Å². The van der Waals surface area contributed by atoms with Crippen LogP contribution in [0.2, 0.25) is 0 Å². The number of carbonyl (C=O) groups is 2. The first-order valence-electron chi connectivity index (χ1n) is 10.3. The lowest BCUT2D eigenvalue weighted by Crippen LogP contribution is -2.30. The number of amides is 1. The molecule has 31 heavy (non-hydrogen) atoms. The van der Waals surface area contributed by atoms with E-state index in [0.717, 1.165) is 22.9 Å². The van der Waals surface area contributed by atoms with E-state index >= 15 is 0 Å². The fourth-order valence-corrected chi connectivity index (χ4v) is 3.95. The summed E-state index contributed by atoms with van der Waals surface area (Å²) < 4.78 is 6.37. The van der Waals surface area contributed by atoms with Gasteiger partial charge < -0.3 is 19.8 Å². The number of phenolic OH excluding ortho intramolecular Hbond substituents is 1. The standard InChI is InChI=1S/C24H26BrNO5/c1-4-6-11-26-21(15-8-10-18(27)19(13-15)31-5-2)20(23(29)24(26)30)22(28)16-7-9-17(25)14(3)12-16/h7-10,12-13,21,27-28H,4-6,11H2,1-3H3/b22-20-. The van der Waals surface area contributed by atoms with Crippen molar-refractivity contribution in [3.8, 4) is 11.5 Å². The van der Waals surface area contributed by atoms with Gasteiger partial charge in [0, 0.05) is 16.6 Å². The molecule has 0 aliphatic carbocycles. The molecule has 1 amide bonds. The van der Waals surface area contributed by atoms with Gasteiger partial charge in [-0.25, -0.2) is 0 Å². The molecule has 2 aromatic rings. The number of Topliss-reactive ketones (excluding diaryl/α,β-unsaturated/α-hetero) is 1. The molecule has 1 atom stereocenters. The maximum Gasteiger partial charge on any atom is 0.295 e. The van der Waals surface area contributed by atoms with Crippen LogP contribution in [0.3, 0.4) is 0 Å². The molecule has 0 spiro atoms. The Kier molecular flexibility index (Phi) is 7.05. The summed E-state index contributed by atoms with van der Waals surface area (Å²) in [5.74, 6) is -1.34. The fraction of sp³-hybridized carbons (Fsp3) is 0.333. The van der Waals surface area contributed by atoms with E-state index in [-0.39, 0.29) is 22.8 Å². The van der Waals surface area contributed by atoms with Crippen molar-refractivity contribution in [3.63, 3.8) is 0 Å². The summed E-state index contributed by atoms with van der Waals surface area (Å²) in [4.78, 5) is 27.4. The maximum atomic E-state index is 13.0. The van der Waals surface area contributed by atoms with E-state index in [1.54, 1.807) is 37.3 Å². The minimum absolute atomic E-state index is 0.0281. The highest BCUT2D eigenvalue weighted by Crippen LogP contribution is 2.42. The van der Waals surface area contributed by atoms with Crippen LogP contribution in [0.25, 0.3) is 5.76 Å². The third kappa shape index (κ3) is 4.46. The quantitative estimate of drug-likeness (QED) is 0.322. The Morgan fingerprint density at radius 1 is 1.16 bits per heavy atom. The number of aromatic hydroxyl groups is 1. The molecule has 3 rings (SSSR count). The Morgan fingerprint density at radius 3 is 2.55 bits per heavy atom. The second-order valence-electron chi connectivity index (χ2n) is 7.47. The summed E-state index contributed by atoms with van der Waals surface area (Å²) in [6.45, 7) is 6.42. The van der Waals surface area contributed by atoms with Gasteiger partial charge in [0.15, 0.2) is 11.5 Å². The van der Waals surface area contributed by atoms with Crippen LogP contribution in [0.15, 0.2) is 46.4 Å².